The van der Waals surface area contributed by atoms with Gasteiger partial charge >= 0.3 is 0 Å². The van der Waals surface area contributed by atoms with Crippen LogP contribution in [0.1, 0.15) is 31.7 Å². The topological polar surface area (TPSA) is 95.9 Å². The molecule has 0 unspecified atom stereocenters. The van der Waals surface area contributed by atoms with E-state index >= 15 is 0 Å². The molecule has 2 heterocycles. The predicted octanol–water partition coefficient (Wildman–Crippen LogP) is 1.35. The zero-order valence-electron chi connectivity index (χ0n) is 14.1. The molecule has 1 aromatic rings. The fourth-order valence-corrected chi connectivity index (χ4v) is 4.71. The molecule has 25 heavy (non-hydrogen) atoms. The van der Waals surface area contributed by atoms with Gasteiger partial charge in [-0.3, -0.25) is 9.59 Å². The lowest BCUT2D eigenvalue weighted by atomic mass is 10.1. The fourth-order valence-electron chi connectivity index (χ4n) is 3.02. The summed E-state index contributed by atoms with van der Waals surface area (Å²) in [6.07, 6.45) is 1.71. The number of carbonyl (C=O) groups excluding carboxylic acids is 2. The molecule has 1 atom stereocenters. The number of carbonyl (C=O) groups is 2. The minimum Gasteiger partial charge on any atom is -0.321 e. The van der Waals surface area contributed by atoms with E-state index in [4.69, 9.17) is 0 Å². The van der Waals surface area contributed by atoms with Gasteiger partial charge in [0.25, 0.3) is 5.91 Å². The minimum absolute atomic E-state index is 0.0578. The molecule has 2 aliphatic heterocycles. The number of aryl methyl sites for hydroxylation is 1. The summed E-state index contributed by atoms with van der Waals surface area (Å²) in [5.74, 6) is -0.619. The summed E-state index contributed by atoms with van der Waals surface area (Å²) < 4.78 is 23.3. The molecule has 0 aliphatic carbocycles. The maximum absolute atomic E-state index is 12.4. The number of hydrazone groups is 1. The van der Waals surface area contributed by atoms with E-state index in [9.17, 15) is 18.0 Å². The van der Waals surface area contributed by atoms with E-state index in [2.05, 4.69) is 17.3 Å². The highest BCUT2D eigenvalue weighted by atomic mass is 32.2. The number of amides is 2. The van der Waals surface area contributed by atoms with Gasteiger partial charge in [-0.05, 0) is 30.5 Å². The second-order valence-electron chi connectivity index (χ2n) is 6.35. The molecule has 1 N–H and O–H groups in total. The SMILES string of the molecule is CCc1ccc(NC(=O)C2=NN([C@@H]3CCS(=O)(=O)C3)C(=O)CC2)cc1. The highest BCUT2D eigenvalue weighted by Crippen LogP contribution is 2.22. The molecule has 1 aromatic carbocycles. The van der Waals surface area contributed by atoms with Crippen molar-refractivity contribution in [1.82, 2.24) is 5.01 Å². The molecule has 1 saturated heterocycles. The Hall–Kier alpha value is -2.22. The smallest absolute Gasteiger partial charge is 0.271 e. The predicted molar refractivity (Wildman–Crippen MR) is 95.0 cm³/mol. The summed E-state index contributed by atoms with van der Waals surface area (Å²) in [6.45, 7) is 2.05. The van der Waals surface area contributed by atoms with Crippen LogP contribution in [-0.4, -0.2) is 48.5 Å². The van der Waals surface area contributed by atoms with Gasteiger partial charge in [0.15, 0.2) is 9.84 Å². The van der Waals surface area contributed by atoms with E-state index < -0.39 is 15.9 Å². The summed E-state index contributed by atoms with van der Waals surface area (Å²) in [5, 5.41) is 8.14. The third-order valence-corrected chi connectivity index (χ3v) is 6.25. The highest BCUT2D eigenvalue weighted by molar-refractivity contribution is 7.91. The highest BCUT2D eigenvalue weighted by Gasteiger charge is 2.37. The van der Waals surface area contributed by atoms with E-state index in [0.717, 1.165) is 6.42 Å². The van der Waals surface area contributed by atoms with Crippen LogP contribution in [0.15, 0.2) is 29.4 Å². The van der Waals surface area contributed by atoms with Crippen LogP contribution in [0.2, 0.25) is 0 Å². The van der Waals surface area contributed by atoms with E-state index in [1.807, 2.05) is 24.3 Å². The third kappa shape index (κ3) is 4.07. The van der Waals surface area contributed by atoms with Gasteiger partial charge in [0.05, 0.1) is 17.5 Å². The minimum atomic E-state index is -3.12. The summed E-state index contributed by atoms with van der Waals surface area (Å²) in [6, 6.07) is 7.07. The molecular weight excluding hydrogens is 342 g/mol. The van der Waals surface area contributed by atoms with Gasteiger partial charge < -0.3 is 5.32 Å². The number of benzene rings is 1. The van der Waals surface area contributed by atoms with Crippen molar-refractivity contribution >= 4 is 33.1 Å². The molecule has 0 saturated carbocycles. The first-order valence-corrected chi connectivity index (χ1v) is 10.2. The zero-order valence-corrected chi connectivity index (χ0v) is 14.9. The van der Waals surface area contributed by atoms with E-state index in [-0.39, 0.29) is 41.9 Å². The van der Waals surface area contributed by atoms with Crippen molar-refractivity contribution < 1.29 is 18.0 Å². The van der Waals surface area contributed by atoms with Gasteiger partial charge in [-0.15, -0.1) is 0 Å². The Balaban J connectivity index is 1.72. The summed E-state index contributed by atoms with van der Waals surface area (Å²) >= 11 is 0. The van der Waals surface area contributed by atoms with Crippen molar-refractivity contribution in [2.75, 3.05) is 16.8 Å². The molecule has 0 spiro atoms. The molecule has 0 bridgehead atoms. The van der Waals surface area contributed by atoms with Crippen molar-refractivity contribution in [2.24, 2.45) is 5.10 Å². The van der Waals surface area contributed by atoms with Crippen molar-refractivity contribution in [3.05, 3.63) is 29.8 Å². The second kappa shape index (κ2) is 6.95. The number of nitrogens with zero attached hydrogens (tertiary/aromatic N) is 2. The van der Waals surface area contributed by atoms with Crippen LogP contribution >= 0.6 is 0 Å². The average molecular weight is 363 g/mol. The van der Waals surface area contributed by atoms with Gasteiger partial charge in [-0.2, -0.15) is 5.10 Å². The van der Waals surface area contributed by atoms with Crippen LogP contribution < -0.4 is 5.32 Å². The normalized spacial score (nSPS) is 22.6. The van der Waals surface area contributed by atoms with Crippen molar-refractivity contribution in [3.63, 3.8) is 0 Å². The second-order valence-corrected chi connectivity index (χ2v) is 8.58. The first-order chi connectivity index (χ1) is 11.9. The molecule has 3 rings (SSSR count). The first kappa shape index (κ1) is 17.6. The molecule has 7 nitrogen and oxygen atoms in total. The van der Waals surface area contributed by atoms with Crippen LogP contribution in [0.3, 0.4) is 0 Å². The van der Waals surface area contributed by atoms with Crippen molar-refractivity contribution in [3.8, 4) is 0 Å². The number of rotatable bonds is 4. The van der Waals surface area contributed by atoms with Crippen LogP contribution in [0.4, 0.5) is 5.69 Å². The summed E-state index contributed by atoms with van der Waals surface area (Å²) in [7, 11) is -3.12. The quantitative estimate of drug-likeness (QED) is 0.873. The monoisotopic (exact) mass is 363 g/mol. The Morgan fingerprint density at radius 3 is 2.60 bits per heavy atom. The third-order valence-electron chi connectivity index (χ3n) is 4.50. The summed E-state index contributed by atoms with van der Waals surface area (Å²) in [5.41, 5.74) is 2.09. The zero-order chi connectivity index (χ0) is 18.0. The van der Waals surface area contributed by atoms with Crippen LogP contribution in [0, 0.1) is 0 Å². The molecule has 8 heteroatoms. The van der Waals surface area contributed by atoms with Crippen LogP contribution in [-0.2, 0) is 25.8 Å². The first-order valence-electron chi connectivity index (χ1n) is 8.38. The maximum Gasteiger partial charge on any atom is 0.271 e. The number of anilines is 1. The lowest BCUT2D eigenvalue weighted by Gasteiger charge is -2.27. The largest absolute Gasteiger partial charge is 0.321 e. The molecule has 134 valence electrons. The van der Waals surface area contributed by atoms with Gasteiger partial charge in [0, 0.05) is 18.5 Å². The average Bonchev–Trinajstić information content (AvgIpc) is 2.95. The Morgan fingerprint density at radius 1 is 1.28 bits per heavy atom. The van der Waals surface area contributed by atoms with Gasteiger partial charge in [-0.25, -0.2) is 13.4 Å². The fraction of sp³-hybridized carbons (Fsp3) is 0.471. The van der Waals surface area contributed by atoms with Gasteiger partial charge in [0.2, 0.25) is 5.91 Å². The molecule has 2 aliphatic rings. The van der Waals surface area contributed by atoms with Gasteiger partial charge in [-0.1, -0.05) is 19.1 Å². The summed E-state index contributed by atoms with van der Waals surface area (Å²) in [4.78, 5) is 24.5. The Labute approximate surface area is 147 Å². The van der Waals surface area contributed by atoms with Crippen molar-refractivity contribution in [2.45, 2.75) is 38.6 Å². The van der Waals surface area contributed by atoms with Crippen molar-refractivity contribution in [1.29, 1.82) is 0 Å². The molecule has 0 radical (unpaired) electrons. The Morgan fingerprint density at radius 2 is 2.00 bits per heavy atom. The van der Waals surface area contributed by atoms with Gasteiger partial charge in [0.1, 0.15) is 5.71 Å². The van der Waals surface area contributed by atoms with Crippen LogP contribution in [0.5, 0.6) is 0 Å². The van der Waals surface area contributed by atoms with E-state index in [1.54, 1.807) is 0 Å². The maximum atomic E-state index is 12.4. The number of hydrogen-bond acceptors (Lipinski definition) is 5. The number of sulfone groups is 1. The van der Waals surface area contributed by atoms with Crippen LogP contribution in [0.25, 0.3) is 0 Å². The molecule has 2 amide bonds. The molecular formula is C17H21N3O4S. The Bertz CT molecular complexity index is 815. The molecule has 0 aromatic heterocycles. The molecule has 1 fully saturated rings. The Kier molecular flexibility index (Phi) is 4.89. The van der Waals surface area contributed by atoms with E-state index in [1.165, 1.54) is 10.6 Å². The number of nitrogens with one attached hydrogen (secondary N) is 1. The lowest BCUT2D eigenvalue weighted by molar-refractivity contribution is -0.133. The van der Waals surface area contributed by atoms with E-state index in [0.29, 0.717) is 12.1 Å². The standard InChI is InChI=1S/C17H21N3O4S/c1-2-12-3-5-13(6-4-12)18-17(22)15-7-8-16(21)20(19-15)14-9-10-25(23,24)11-14/h3-6,14H,2,7-11H2,1H3,(H,18,22)/t14-/m1/s1. The lowest BCUT2D eigenvalue weighted by Crippen LogP contribution is -2.42. The number of hydrogen-bond donors (Lipinski definition) is 1.